The molecule has 0 aromatic heterocycles. The van der Waals surface area contributed by atoms with Crippen molar-refractivity contribution in [2.75, 3.05) is 52.4 Å². The number of quaternary nitrogens is 1. The summed E-state index contributed by atoms with van der Waals surface area (Å²) >= 11 is 1.91. The number of nitrogens with zero attached hydrogens (tertiary/aromatic N) is 1. The minimum Gasteiger partial charge on any atom is -0.329 e. The lowest BCUT2D eigenvalue weighted by molar-refractivity contribution is -0.870. The van der Waals surface area contributed by atoms with Crippen molar-refractivity contribution < 1.29 is 23.0 Å². The monoisotopic (exact) mass is 482 g/mol. The van der Waals surface area contributed by atoms with Crippen molar-refractivity contribution in [2.45, 2.75) is 103 Å². The Labute approximate surface area is 198 Å². The van der Waals surface area contributed by atoms with E-state index in [-0.39, 0.29) is 13.2 Å². The molecule has 7 heteroatoms. The van der Waals surface area contributed by atoms with Crippen LogP contribution in [0.1, 0.15) is 103 Å². The van der Waals surface area contributed by atoms with Crippen molar-refractivity contribution in [1.82, 2.24) is 0 Å². The molecule has 0 aliphatic carbocycles. The lowest BCUT2D eigenvalue weighted by Gasteiger charge is -2.24. The third-order valence-corrected chi connectivity index (χ3v) is 7.52. The molecule has 0 aliphatic heterocycles. The Balaban J connectivity index is 3.25. The molecule has 188 valence electrons. The zero-order chi connectivity index (χ0) is 23.3. The van der Waals surface area contributed by atoms with E-state index in [0.29, 0.717) is 11.0 Å². The van der Waals surface area contributed by atoms with Gasteiger partial charge < -0.3 is 9.38 Å². The van der Waals surface area contributed by atoms with Gasteiger partial charge in [0.1, 0.15) is 13.2 Å². The fourth-order valence-corrected chi connectivity index (χ4v) is 4.99. The van der Waals surface area contributed by atoms with E-state index in [0.717, 1.165) is 12.2 Å². The Morgan fingerprint density at radius 2 is 1.10 bits per heavy atom. The minimum absolute atomic E-state index is 0.227. The molecule has 5 nitrogen and oxygen atoms in total. The molecule has 0 heterocycles. The summed E-state index contributed by atoms with van der Waals surface area (Å²) in [5.41, 5.74) is 0. The maximum Gasteiger partial charge on any atom is 0.472 e. The van der Waals surface area contributed by atoms with E-state index in [1.54, 1.807) is 0 Å². The molecule has 0 amide bonds. The normalized spacial score (nSPS) is 14.1. The van der Waals surface area contributed by atoms with E-state index < -0.39 is 7.82 Å². The summed E-state index contributed by atoms with van der Waals surface area (Å²) in [7, 11) is 2.16. The first kappa shape index (κ1) is 31.4. The molecule has 1 N–H and O–H groups in total. The summed E-state index contributed by atoms with van der Waals surface area (Å²) < 4.78 is 22.5. The molecule has 0 aromatic carbocycles. The first-order valence-corrected chi connectivity index (χ1v) is 15.4. The molecule has 31 heavy (non-hydrogen) atoms. The van der Waals surface area contributed by atoms with Gasteiger partial charge in [0.25, 0.3) is 0 Å². The van der Waals surface area contributed by atoms with Gasteiger partial charge in [-0.3, -0.25) is 9.05 Å². The predicted octanol–water partition coefficient (Wildman–Crippen LogP) is 7.43. The van der Waals surface area contributed by atoms with Crippen molar-refractivity contribution in [2.24, 2.45) is 0 Å². The summed E-state index contributed by atoms with van der Waals surface area (Å²) in [5, 5.41) is 0. The van der Waals surface area contributed by atoms with Crippen LogP contribution < -0.4 is 0 Å². The average molecular weight is 483 g/mol. The van der Waals surface area contributed by atoms with E-state index in [1.165, 1.54) is 95.6 Å². The maximum atomic E-state index is 11.8. The summed E-state index contributed by atoms with van der Waals surface area (Å²) in [5.74, 6) is 2.14. The van der Waals surface area contributed by atoms with Crippen LogP contribution in [0.25, 0.3) is 0 Å². The van der Waals surface area contributed by atoms with E-state index in [2.05, 4.69) is 6.92 Å². The van der Waals surface area contributed by atoms with Crippen LogP contribution in [0.4, 0.5) is 0 Å². The zero-order valence-corrected chi connectivity index (χ0v) is 22.8. The average Bonchev–Trinajstić information content (AvgIpc) is 2.68. The largest absolute Gasteiger partial charge is 0.472 e. The van der Waals surface area contributed by atoms with Crippen LogP contribution in [0.3, 0.4) is 0 Å². The van der Waals surface area contributed by atoms with E-state index in [1.807, 2.05) is 32.9 Å². The molecule has 1 atom stereocenters. The molecule has 0 spiro atoms. The van der Waals surface area contributed by atoms with Crippen LogP contribution in [0.5, 0.6) is 0 Å². The summed E-state index contributed by atoms with van der Waals surface area (Å²) in [4.78, 5) is 9.65. The number of likely N-dealkylation sites (N-methyl/N-ethyl adjacent to an activating group) is 1. The third kappa shape index (κ3) is 26.6. The molecule has 0 saturated carbocycles. The van der Waals surface area contributed by atoms with Crippen LogP contribution in [0.2, 0.25) is 0 Å². The van der Waals surface area contributed by atoms with Gasteiger partial charge in [0.05, 0.1) is 27.7 Å². The van der Waals surface area contributed by atoms with Gasteiger partial charge in [0, 0.05) is 0 Å². The number of thioether (sulfide) groups is 1. The summed E-state index contributed by atoms with van der Waals surface area (Å²) in [6.07, 6.45) is 20.3. The molecular formula is C24H53NO4PS+. The molecule has 0 fully saturated rings. The first-order chi connectivity index (χ1) is 14.8. The van der Waals surface area contributed by atoms with E-state index in [4.69, 9.17) is 9.05 Å². The summed E-state index contributed by atoms with van der Waals surface area (Å²) in [6, 6.07) is 0. The van der Waals surface area contributed by atoms with Gasteiger partial charge in [-0.15, -0.1) is 0 Å². The lowest BCUT2D eigenvalue weighted by Crippen LogP contribution is -2.37. The highest BCUT2D eigenvalue weighted by atomic mass is 32.2. The standard InChI is InChI=1S/C24H52NO4PS/c1-5-6-7-8-9-10-11-12-13-14-15-16-17-18-23-31-24-19-21-28-30(26,27)29-22-20-25(2,3)4/h5-24H2,1-4H3/p+1. The Kier molecular flexibility index (Phi) is 21.3. The molecule has 1 unspecified atom stereocenters. The fourth-order valence-electron chi connectivity index (χ4n) is 3.31. The second-order valence-electron chi connectivity index (χ2n) is 9.71. The van der Waals surface area contributed by atoms with Gasteiger partial charge in [0.2, 0.25) is 0 Å². The molecule has 0 saturated heterocycles. The number of hydrogen-bond donors (Lipinski definition) is 1. The molecule has 0 aromatic rings. The lowest BCUT2D eigenvalue weighted by atomic mass is 10.0. The van der Waals surface area contributed by atoms with Gasteiger partial charge >= 0.3 is 7.82 Å². The minimum atomic E-state index is -3.89. The van der Waals surface area contributed by atoms with Gasteiger partial charge in [-0.05, 0) is 24.3 Å². The topological polar surface area (TPSA) is 55.8 Å². The number of phosphoric acid groups is 1. The summed E-state index contributed by atoms with van der Waals surface area (Å²) in [6.45, 7) is 3.46. The third-order valence-electron chi connectivity index (χ3n) is 5.35. The van der Waals surface area contributed by atoms with Crippen LogP contribution in [0.15, 0.2) is 0 Å². The van der Waals surface area contributed by atoms with Gasteiger partial charge in [-0.1, -0.05) is 90.4 Å². The van der Waals surface area contributed by atoms with E-state index in [9.17, 15) is 9.46 Å². The number of hydrogen-bond acceptors (Lipinski definition) is 4. The molecule has 0 aliphatic rings. The maximum absolute atomic E-state index is 11.8. The Hall–Kier alpha value is 0.420. The molecular weight excluding hydrogens is 429 g/mol. The highest BCUT2D eigenvalue weighted by Gasteiger charge is 2.21. The Morgan fingerprint density at radius 3 is 1.58 bits per heavy atom. The number of unbranched alkanes of at least 4 members (excludes halogenated alkanes) is 13. The fraction of sp³-hybridized carbons (Fsp3) is 1.00. The number of phosphoric ester groups is 1. The predicted molar refractivity (Wildman–Crippen MR) is 137 cm³/mol. The van der Waals surface area contributed by atoms with Crippen molar-refractivity contribution in [3.63, 3.8) is 0 Å². The van der Waals surface area contributed by atoms with Crippen LogP contribution in [0, 0.1) is 0 Å². The first-order valence-electron chi connectivity index (χ1n) is 12.8. The highest BCUT2D eigenvalue weighted by molar-refractivity contribution is 7.99. The van der Waals surface area contributed by atoms with Gasteiger partial charge in [-0.25, -0.2) is 4.57 Å². The van der Waals surface area contributed by atoms with Crippen LogP contribution in [-0.4, -0.2) is 61.8 Å². The Morgan fingerprint density at radius 1 is 0.677 bits per heavy atom. The van der Waals surface area contributed by atoms with Gasteiger partial charge in [-0.2, -0.15) is 11.8 Å². The van der Waals surface area contributed by atoms with Crippen LogP contribution in [-0.2, 0) is 13.6 Å². The quantitative estimate of drug-likeness (QED) is 0.0880. The Bertz CT molecular complexity index is 432. The van der Waals surface area contributed by atoms with Crippen LogP contribution >= 0.6 is 19.6 Å². The van der Waals surface area contributed by atoms with Crippen molar-refractivity contribution in [1.29, 1.82) is 0 Å². The van der Waals surface area contributed by atoms with E-state index >= 15 is 0 Å². The smallest absolute Gasteiger partial charge is 0.329 e. The number of rotatable bonds is 24. The van der Waals surface area contributed by atoms with Crippen molar-refractivity contribution in [3.05, 3.63) is 0 Å². The second-order valence-corrected chi connectivity index (χ2v) is 12.4. The van der Waals surface area contributed by atoms with Crippen molar-refractivity contribution in [3.8, 4) is 0 Å². The molecule has 0 radical (unpaired) electrons. The van der Waals surface area contributed by atoms with Gasteiger partial charge in [0.15, 0.2) is 0 Å². The van der Waals surface area contributed by atoms with Crippen molar-refractivity contribution >= 4 is 19.6 Å². The second kappa shape index (κ2) is 21.0. The highest BCUT2D eigenvalue weighted by Crippen LogP contribution is 2.43. The zero-order valence-electron chi connectivity index (χ0n) is 21.1. The molecule has 0 rings (SSSR count). The molecule has 0 bridgehead atoms. The SMILES string of the molecule is CCCCCCCCCCCCCCCCSCCCOP(=O)(O)OCC[N+](C)(C)C.